The van der Waals surface area contributed by atoms with Gasteiger partial charge >= 0.3 is 0 Å². The fourth-order valence-corrected chi connectivity index (χ4v) is 2.46. The van der Waals surface area contributed by atoms with E-state index < -0.39 is 0 Å². The lowest BCUT2D eigenvalue weighted by atomic mass is 9.93. The summed E-state index contributed by atoms with van der Waals surface area (Å²) in [5.41, 5.74) is 1.28. The molecule has 1 rings (SSSR count). The standard InChI is InChI=1S/C14H26N4S/c1-6-7-8-16-13(15-5)17-9-12-18-11(10-19-12)14(2,3)4/h10H,6-9H2,1-5H3,(H2,15,16,17). The molecule has 1 aromatic rings. The summed E-state index contributed by atoms with van der Waals surface area (Å²) in [7, 11) is 1.80. The van der Waals surface area contributed by atoms with Crippen LogP contribution in [0.25, 0.3) is 0 Å². The summed E-state index contributed by atoms with van der Waals surface area (Å²) in [6.07, 6.45) is 2.34. The second-order valence-electron chi connectivity index (χ2n) is 5.58. The molecule has 1 heterocycles. The Hall–Kier alpha value is -1.10. The van der Waals surface area contributed by atoms with Gasteiger partial charge in [0.2, 0.25) is 0 Å². The number of nitrogens with zero attached hydrogens (tertiary/aromatic N) is 2. The van der Waals surface area contributed by atoms with Gasteiger partial charge < -0.3 is 10.6 Å². The zero-order chi connectivity index (χ0) is 14.3. The Balaban J connectivity index is 2.45. The highest BCUT2D eigenvalue weighted by Gasteiger charge is 2.17. The van der Waals surface area contributed by atoms with Crippen molar-refractivity contribution in [3.05, 3.63) is 16.1 Å². The molecule has 19 heavy (non-hydrogen) atoms. The molecule has 0 aliphatic carbocycles. The number of hydrogen-bond donors (Lipinski definition) is 2. The molecule has 0 saturated heterocycles. The van der Waals surface area contributed by atoms with Crippen LogP contribution in [-0.2, 0) is 12.0 Å². The molecule has 0 bridgehead atoms. The van der Waals surface area contributed by atoms with Gasteiger partial charge in [0.15, 0.2) is 5.96 Å². The van der Waals surface area contributed by atoms with E-state index in [0.29, 0.717) is 0 Å². The average Bonchev–Trinajstić information content (AvgIpc) is 2.82. The number of guanidine groups is 1. The molecule has 0 atom stereocenters. The van der Waals surface area contributed by atoms with Gasteiger partial charge in [-0.15, -0.1) is 11.3 Å². The topological polar surface area (TPSA) is 49.3 Å². The van der Waals surface area contributed by atoms with Gasteiger partial charge in [-0.25, -0.2) is 4.98 Å². The lowest BCUT2D eigenvalue weighted by molar-refractivity contribution is 0.570. The summed E-state index contributed by atoms with van der Waals surface area (Å²) < 4.78 is 0. The van der Waals surface area contributed by atoms with Crippen molar-refractivity contribution in [2.24, 2.45) is 4.99 Å². The maximum atomic E-state index is 4.66. The Morgan fingerprint density at radius 1 is 1.37 bits per heavy atom. The fourth-order valence-electron chi connectivity index (χ4n) is 1.50. The van der Waals surface area contributed by atoms with E-state index >= 15 is 0 Å². The van der Waals surface area contributed by atoms with Crippen molar-refractivity contribution in [3.63, 3.8) is 0 Å². The quantitative estimate of drug-likeness (QED) is 0.496. The van der Waals surface area contributed by atoms with Crippen molar-refractivity contribution in [1.29, 1.82) is 0 Å². The second kappa shape index (κ2) is 7.48. The van der Waals surface area contributed by atoms with Crippen LogP contribution in [0.3, 0.4) is 0 Å². The highest BCUT2D eigenvalue weighted by atomic mass is 32.1. The molecule has 0 fully saturated rings. The van der Waals surface area contributed by atoms with Crippen LogP contribution in [-0.4, -0.2) is 24.5 Å². The molecule has 0 saturated carbocycles. The van der Waals surface area contributed by atoms with Crippen molar-refractivity contribution in [3.8, 4) is 0 Å². The lowest BCUT2D eigenvalue weighted by Gasteiger charge is -2.14. The molecule has 0 aliphatic rings. The van der Waals surface area contributed by atoms with E-state index in [9.17, 15) is 0 Å². The number of nitrogens with one attached hydrogen (secondary N) is 2. The first-order valence-corrected chi connectivity index (χ1v) is 7.74. The Labute approximate surface area is 120 Å². The normalized spacial score (nSPS) is 12.6. The van der Waals surface area contributed by atoms with E-state index in [0.717, 1.165) is 36.2 Å². The number of aromatic nitrogens is 1. The van der Waals surface area contributed by atoms with Crippen LogP contribution < -0.4 is 10.6 Å². The lowest BCUT2D eigenvalue weighted by Crippen LogP contribution is -2.37. The van der Waals surface area contributed by atoms with Gasteiger partial charge in [0.25, 0.3) is 0 Å². The molecule has 0 aromatic carbocycles. The summed E-state index contributed by atoms with van der Waals surface area (Å²) in [6, 6.07) is 0. The van der Waals surface area contributed by atoms with Gasteiger partial charge in [0.05, 0.1) is 12.2 Å². The van der Waals surface area contributed by atoms with Gasteiger partial charge in [0.1, 0.15) is 5.01 Å². The predicted molar refractivity (Wildman–Crippen MR) is 83.9 cm³/mol. The van der Waals surface area contributed by atoms with Crippen molar-refractivity contribution < 1.29 is 0 Å². The van der Waals surface area contributed by atoms with Crippen LogP contribution in [0, 0.1) is 0 Å². The molecule has 0 amide bonds. The molecular formula is C14H26N4S. The second-order valence-corrected chi connectivity index (χ2v) is 6.53. The zero-order valence-electron chi connectivity index (χ0n) is 12.7. The molecule has 0 aliphatic heterocycles. The minimum Gasteiger partial charge on any atom is -0.356 e. The van der Waals surface area contributed by atoms with Crippen LogP contribution in [0.1, 0.15) is 51.2 Å². The van der Waals surface area contributed by atoms with Crippen molar-refractivity contribution >= 4 is 17.3 Å². The van der Waals surface area contributed by atoms with Gasteiger partial charge in [0, 0.05) is 24.4 Å². The Morgan fingerprint density at radius 3 is 2.63 bits per heavy atom. The van der Waals surface area contributed by atoms with E-state index in [2.05, 4.69) is 53.7 Å². The van der Waals surface area contributed by atoms with Crippen molar-refractivity contribution in [1.82, 2.24) is 15.6 Å². The zero-order valence-corrected chi connectivity index (χ0v) is 13.5. The first-order valence-electron chi connectivity index (χ1n) is 6.86. The highest BCUT2D eigenvalue weighted by Crippen LogP contribution is 2.23. The molecule has 2 N–H and O–H groups in total. The summed E-state index contributed by atoms with van der Waals surface area (Å²) >= 11 is 1.70. The van der Waals surface area contributed by atoms with Crippen LogP contribution in [0.15, 0.2) is 10.4 Å². The van der Waals surface area contributed by atoms with E-state index in [4.69, 9.17) is 0 Å². The van der Waals surface area contributed by atoms with Gasteiger partial charge in [-0.3, -0.25) is 4.99 Å². The summed E-state index contributed by atoms with van der Waals surface area (Å²) in [4.78, 5) is 8.86. The van der Waals surface area contributed by atoms with Gasteiger partial charge in [-0.1, -0.05) is 34.1 Å². The third-order valence-electron chi connectivity index (χ3n) is 2.77. The monoisotopic (exact) mass is 282 g/mol. The molecule has 0 unspecified atom stereocenters. The summed E-state index contributed by atoms with van der Waals surface area (Å²) in [5, 5.41) is 9.83. The Kier molecular flexibility index (Phi) is 6.28. The molecule has 5 heteroatoms. The smallest absolute Gasteiger partial charge is 0.191 e. The van der Waals surface area contributed by atoms with Crippen LogP contribution in [0.5, 0.6) is 0 Å². The van der Waals surface area contributed by atoms with Crippen LogP contribution in [0.2, 0.25) is 0 Å². The summed E-state index contributed by atoms with van der Waals surface area (Å²) in [5.74, 6) is 0.848. The van der Waals surface area contributed by atoms with Crippen molar-refractivity contribution in [2.45, 2.75) is 52.5 Å². The third-order valence-corrected chi connectivity index (χ3v) is 3.62. The minimum atomic E-state index is 0.121. The molecular weight excluding hydrogens is 256 g/mol. The number of unbranched alkanes of at least 4 members (excludes halogenated alkanes) is 1. The Bertz CT molecular complexity index is 404. The maximum absolute atomic E-state index is 4.66. The number of hydrogen-bond acceptors (Lipinski definition) is 3. The Morgan fingerprint density at radius 2 is 2.11 bits per heavy atom. The van der Waals surface area contributed by atoms with Crippen LogP contribution >= 0.6 is 11.3 Å². The van der Waals surface area contributed by atoms with Crippen LogP contribution in [0.4, 0.5) is 0 Å². The first kappa shape index (κ1) is 16.0. The van der Waals surface area contributed by atoms with Gasteiger partial charge in [-0.2, -0.15) is 0 Å². The van der Waals surface area contributed by atoms with E-state index in [1.807, 2.05) is 0 Å². The van der Waals surface area contributed by atoms with E-state index in [-0.39, 0.29) is 5.41 Å². The molecule has 1 aromatic heterocycles. The van der Waals surface area contributed by atoms with Crippen molar-refractivity contribution in [2.75, 3.05) is 13.6 Å². The predicted octanol–water partition coefficient (Wildman–Crippen LogP) is 2.91. The number of thiazole rings is 1. The van der Waals surface area contributed by atoms with E-state index in [1.165, 1.54) is 6.42 Å². The van der Waals surface area contributed by atoms with E-state index in [1.54, 1.807) is 18.4 Å². The maximum Gasteiger partial charge on any atom is 0.191 e. The largest absolute Gasteiger partial charge is 0.356 e. The molecule has 0 spiro atoms. The molecule has 0 radical (unpaired) electrons. The highest BCUT2D eigenvalue weighted by molar-refractivity contribution is 7.09. The fraction of sp³-hybridized carbons (Fsp3) is 0.714. The SMILES string of the molecule is CCCCNC(=NC)NCc1nc(C(C)(C)C)cs1. The molecule has 4 nitrogen and oxygen atoms in total. The third kappa shape index (κ3) is 5.59. The number of aliphatic imine (C=N–C) groups is 1. The average molecular weight is 282 g/mol. The number of rotatable bonds is 5. The molecule has 108 valence electrons. The van der Waals surface area contributed by atoms with Gasteiger partial charge in [-0.05, 0) is 6.42 Å². The minimum absolute atomic E-state index is 0.121. The first-order chi connectivity index (χ1) is 8.97. The summed E-state index contributed by atoms with van der Waals surface area (Å²) in [6.45, 7) is 10.4.